The number of nitrogens with zero attached hydrogens (tertiary/aromatic N) is 4. The third-order valence-corrected chi connectivity index (χ3v) is 3.80. The summed E-state index contributed by atoms with van der Waals surface area (Å²) in [6, 6.07) is 3.72. The minimum atomic E-state index is -0.558. The lowest BCUT2D eigenvalue weighted by Gasteiger charge is -2.00. The lowest BCUT2D eigenvalue weighted by atomic mass is 10.2. The molecule has 0 aliphatic carbocycles. The van der Waals surface area contributed by atoms with Crippen molar-refractivity contribution in [2.75, 3.05) is 0 Å². The van der Waals surface area contributed by atoms with E-state index in [2.05, 4.69) is 15.3 Å². The summed E-state index contributed by atoms with van der Waals surface area (Å²) in [5, 5.41) is 20.5. The van der Waals surface area contributed by atoms with Gasteiger partial charge in [0.2, 0.25) is 0 Å². The van der Waals surface area contributed by atoms with Crippen LogP contribution in [0.3, 0.4) is 0 Å². The quantitative estimate of drug-likeness (QED) is 0.781. The summed E-state index contributed by atoms with van der Waals surface area (Å²) < 4.78 is 6.99. The van der Waals surface area contributed by atoms with Gasteiger partial charge in [0.05, 0.1) is 30.8 Å². The molecule has 0 aromatic carbocycles. The first-order valence-corrected chi connectivity index (χ1v) is 7.20. The maximum atomic E-state index is 9.70. The van der Waals surface area contributed by atoms with E-state index in [1.165, 1.54) is 11.3 Å². The molecule has 0 aliphatic rings. The lowest BCUT2D eigenvalue weighted by molar-refractivity contribution is 0.168. The molecule has 1 unspecified atom stereocenters. The number of hydrogen-bond donors (Lipinski definition) is 1. The number of thiazole rings is 1. The van der Waals surface area contributed by atoms with Gasteiger partial charge < -0.3 is 9.52 Å². The van der Waals surface area contributed by atoms with Crippen molar-refractivity contribution >= 4 is 11.3 Å². The minimum Gasteiger partial charge on any atom is -0.462 e. The third kappa shape index (κ3) is 2.63. The van der Waals surface area contributed by atoms with Crippen molar-refractivity contribution in [3.8, 4) is 10.8 Å². The number of rotatable bonds is 5. The molecule has 0 fully saturated rings. The number of aliphatic hydroxyl groups is 1. The third-order valence-electron chi connectivity index (χ3n) is 2.89. The van der Waals surface area contributed by atoms with Gasteiger partial charge in [-0.1, -0.05) is 12.1 Å². The Hall–Kier alpha value is -1.99. The predicted octanol–water partition coefficient (Wildman–Crippen LogP) is 2.49. The highest BCUT2D eigenvalue weighted by molar-refractivity contribution is 7.13. The van der Waals surface area contributed by atoms with E-state index in [0.717, 1.165) is 16.5 Å². The fourth-order valence-electron chi connectivity index (χ4n) is 1.81. The van der Waals surface area contributed by atoms with E-state index in [9.17, 15) is 5.11 Å². The predicted molar refractivity (Wildman–Crippen MR) is 74.2 cm³/mol. The topological polar surface area (TPSA) is 77.0 Å². The first kappa shape index (κ1) is 13.0. The van der Waals surface area contributed by atoms with E-state index >= 15 is 0 Å². The maximum Gasteiger partial charge on any atom is 0.162 e. The molecule has 1 N–H and O–H groups in total. The highest BCUT2D eigenvalue weighted by Gasteiger charge is 2.11. The van der Waals surface area contributed by atoms with Crippen LogP contribution in [0.25, 0.3) is 10.8 Å². The minimum absolute atomic E-state index is 0.528. The van der Waals surface area contributed by atoms with Crippen LogP contribution in [-0.4, -0.2) is 25.1 Å². The van der Waals surface area contributed by atoms with Crippen LogP contribution < -0.4 is 0 Å². The summed E-state index contributed by atoms with van der Waals surface area (Å²) in [6.45, 7) is 2.43. The molecule has 6 nitrogen and oxygen atoms in total. The Morgan fingerprint density at radius 1 is 1.50 bits per heavy atom. The zero-order chi connectivity index (χ0) is 13.9. The van der Waals surface area contributed by atoms with Gasteiger partial charge in [-0.3, -0.25) is 0 Å². The molecular weight excluding hydrogens is 276 g/mol. The molecule has 3 aromatic heterocycles. The number of furan rings is 1. The Kier molecular flexibility index (Phi) is 3.62. The largest absolute Gasteiger partial charge is 0.462 e. The van der Waals surface area contributed by atoms with Crippen LogP contribution in [0.15, 0.2) is 34.4 Å². The molecule has 3 heterocycles. The van der Waals surface area contributed by atoms with Crippen LogP contribution in [0.4, 0.5) is 0 Å². The van der Waals surface area contributed by atoms with Crippen LogP contribution in [0.1, 0.15) is 30.8 Å². The SMILES string of the molecule is CCC(O)c1cn(Cc2csc(-c3ccco3)n2)nn1. The molecule has 1 atom stereocenters. The second-order valence-electron chi connectivity index (χ2n) is 4.39. The average molecular weight is 290 g/mol. The van der Waals surface area contributed by atoms with E-state index < -0.39 is 6.10 Å². The van der Waals surface area contributed by atoms with Crippen molar-refractivity contribution < 1.29 is 9.52 Å². The molecule has 0 radical (unpaired) electrons. The lowest BCUT2D eigenvalue weighted by Crippen LogP contribution is -2.00. The molecule has 0 bridgehead atoms. The van der Waals surface area contributed by atoms with E-state index in [-0.39, 0.29) is 0 Å². The van der Waals surface area contributed by atoms with Crippen LogP contribution in [0.2, 0.25) is 0 Å². The van der Waals surface area contributed by atoms with Crippen molar-refractivity contribution in [1.82, 2.24) is 20.0 Å². The fraction of sp³-hybridized carbons (Fsp3) is 0.308. The van der Waals surface area contributed by atoms with E-state index in [0.29, 0.717) is 18.7 Å². The number of aliphatic hydroxyl groups excluding tert-OH is 1. The van der Waals surface area contributed by atoms with Gasteiger partial charge in [0.15, 0.2) is 10.8 Å². The Morgan fingerprint density at radius 3 is 3.15 bits per heavy atom. The summed E-state index contributed by atoms with van der Waals surface area (Å²) in [5.74, 6) is 0.766. The van der Waals surface area contributed by atoms with Gasteiger partial charge in [-0.05, 0) is 18.6 Å². The van der Waals surface area contributed by atoms with E-state index in [4.69, 9.17) is 4.42 Å². The summed E-state index contributed by atoms with van der Waals surface area (Å²) in [4.78, 5) is 4.50. The molecule has 0 spiro atoms. The van der Waals surface area contributed by atoms with Gasteiger partial charge in [-0.25, -0.2) is 9.67 Å². The molecular formula is C13H14N4O2S. The normalized spacial score (nSPS) is 12.7. The second-order valence-corrected chi connectivity index (χ2v) is 5.24. The summed E-state index contributed by atoms with van der Waals surface area (Å²) in [7, 11) is 0. The Labute approximate surface area is 119 Å². The molecule has 7 heteroatoms. The molecule has 0 aliphatic heterocycles. The zero-order valence-corrected chi connectivity index (χ0v) is 11.7. The van der Waals surface area contributed by atoms with Crippen molar-refractivity contribution in [1.29, 1.82) is 0 Å². The second kappa shape index (κ2) is 5.56. The maximum absolute atomic E-state index is 9.70. The summed E-state index contributed by atoms with van der Waals surface area (Å²) >= 11 is 1.53. The Bertz CT molecular complexity index is 674. The smallest absolute Gasteiger partial charge is 0.162 e. The van der Waals surface area contributed by atoms with Gasteiger partial charge in [-0.15, -0.1) is 16.4 Å². The van der Waals surface area contributed by atoms with Gasteiger partial charge in [-0.2, -0.15) is 0 Å². The van der Waals surface area contributed by atoms with Crippen molar-refractivity contribution in [2.45, 2.75) is 26.0 Å². The first-order valence-electron chi connectivity index (χ1n) is 6.32. The molecule has 0 saturated carbocycles. The van der Waals surface area contributed by atoms with Crippen molar-refractivity contribution in [3.63, 3.8) is 0 Å². The molecule has 20 heavy (non-hydrogen) atoms. The van der Waals surface area contributed by atoms with Gasteiger partial charge in [0.25, 0.3) is 0 Å². The van der Waals surface area contributed by atoms with E-state index in [1.807, 2.05) is 24.4 Å². The molecule has 0 amide bonds. The van der Waals surface area contributed by atoms with Crippen molar-refractivity contribution in [2.24, 2.45) is 0 Å². The molecule has 3 rings (SSSR count). The van der Waals surface area contributed by atoms with Gasteiger partial charge in [0, 0.05) is 5.38 Å². The Balaban J connectivity index is 1.73. The summed E-state index contributed by atoms with van der Waals surface area (Å²) in [5.41, 5.74) is 1.48. The van der Waals surface area contributed by atoms with Crippen LogP contribution in [0, 0.1) is 0 Å². The van der Waals surface area contributed by atoms with Crippen LogP contribution >= 0.6 is 11.3 Å². The van der Waals surface area contributed by atoms with Crippen LogP contribution in [0.5, 0.6) is 0 Å². The molecule has 3 aromatic rings. The Morgan fingerprint density at radius 2 is 2.40 bits per heavy atom. The van der Waals surface area contributed by atoms with Crippen LogP contribution in [-0.2, 0) is 6.54 Å². The van der Waals surface area contributed by atoms with Crippen molar-refractivity contribution in [3.05, 3.63) is 41.4 Å². The highest BCUT2D eigenvalue weighted by atomic mass is 32.1. The van der Waals surface area contributed by atoms with Gasteiger partial charge in [0.1, 0.15) is 5.69 Å². The van der Waals surface area contributed by atoms with E-state index in [1.54, 1.807) is 17.1 Å². The average Bonchev–Trinajstić information content (AvgIpc) is 3.19. The standard InChI is InChI=1S/C13H14N4O2S/c1-2-11(18)10-7-17(16-15-10)6-9-8-20-13(14-9)12-4-3-5-19-12/h3-5,7-8,11,18H,2,6H2,1H3. The summed E-state index contributed by atoms with van der Waals surface area (Å²) in [6.07, 6.45) is 3.45. The zero-order valence-electron chi connectivity index (χ0n) is 10.9. The fourth-order valence-corrected chi connectivity index (χ4v) is 2.59. The number of hydrogen-bond acceptors (Lipinski definition) is 6. The van der Waals surface area contributed by atoms with Gasteiger partial charge >= 0.3 is 0 Å². The highest BCUT2D eigenvalue weighted by Crippen LogP contribution is 2.24. The first-order chi connectivity index (χ1) is 9.76. The molecule has 0 saturated heterocycles. The molecule has 104 valence electrons. The number of aromatic nitrogens is 4. The monoisotopic (exact) mass is 290 g/mol.